The van der Waals surface area contributed by atoms with Crippen LogP contribution in [0.5, 0.6) is 0 Å². The van der Waals surface area contributed by atoms with Crippen molar-refractivity contribution in [2.45, 2.75) is 51.5 Å². The van der Waals surface area contributed by atoms with Crippen molar-refractivity contribution in [3.05, 3.63) is 35.4 Å². The Bertz CT molecular complexity index is 719. The van der Waals surface area contributed by atoms with E-state index in [9.17, 15) is 9.59 Å². The zero-order valence-electron chi connectivity index (χ0n) is 17.4. The van der Waals surface area contributed by atoms with Gasteiger partial charge in [0.15, 0.2) is 0 Å². The summed E-state index contributed by atoms with van der Waals surface area (Å²) in [6.45, 7) is 4.67. The molecule has 2 amide bonds. The Hall–Kier alpha value is -1.59. The molecule has 1 aliphatic heterocycles. The van der Waals surface area contributed by atoms with Crippen LogP contribution in [-0.2, 0) is 16.0 Å². The second-order valence-corrected chi connectivity index (χ2v) is 9.01. The summed E-state index contributed by atoms with van der Waals surface area (Å²) in [7, 11) is 0. The lowest BCUT2D eigenvalue weighted by Gasteiger charge is -2.45. The molecule has 1 aromatic rings. The first kappa shape index (κ1) is 22.1. The molecule has 3 fully saturated rings. The van der Waals surface area contributed by atoms with E-state index < -0.39 is 0 Å². The van der Waals surface area contributed by atoms with Crippen molar-refractivity contribution in [1.82, 2.24) is 9.80 Å². The molecule has 2 N–H and O–H groups in total. The molecule has 1 heterocycles. The molecule has 4 rings (SSSR count). The summed E-state index contributed by atoms with van der Waals surface area (Å²) in [5, 5.41) is 0. The SMILES string of the molecule is Cc1ccccc1CC(=O)N1CCN(C(=O)C2CC3CCCC(C2)C3N)CC1.Cl. The van der Waals surface area contributed by atoms with E-state index >= 15 is 0 Å². The van der Waals surface area contributed by atoms with E-state index in [4.69, 9.17) is 5.73 Å². The summed E-state index contributed by atoms with van der Waals surface area (Å²) in [6.07, 6.45) is 6.01. The van der Waals surface area contributed by atoms with Crippen molar-refractivity contribution in [2.24, 2.45) is 23.5 Å². The third-order valence-electron chi connectivity index (χ3n) is 7.31. The minimum atomic E-state index is 0. The number of amides is 2. The fourth-order valence-electron chi connectivity index (χ4n) is 5.51. The summed E-state index contributed by atoms with van der Waals surface area (Å²) in [5.41, 5.74) is 8.63. The largest absolute Gasteiger partial charge is 0.339 e. The predicted octanol–water partition coefficient (Wildman–Crippen LogP) is 2.78. The van der Waals surface area contributed by atoms with Crippen molar-refractivity contribution in [1.29, 1.82) is 0 Å². The van der Waals surface area contributed by atoms with E-state index in [1.807, 2.05) is 41.0 Å². The van der Waals surface area contributed by atoms with Gasteiger partial charge in [0.2, 0.25) is 11.8 Å². The van der Waals surface area contributed by atoms with E-state index in [2.05, 4.69) is 0 Å². The topological polar surface area (TPSA) is 66.6 Å². The highest BCUT2D eigenvalue weighted by molar-refractivity contribution is 5.85. The Balaban J connectivity index is 0.00000240. The van der Waals surface area contributed by atoms with Gasteiger partial charge in [-0.15, -0.1) is 12.4 Å². The Morgan fingerprint density at radius 1 is 1.00 bits per heavy atom. The van der Waals surface area contributed by atoms with Crippen molar-refractivity contribution in [3.63, 3.8) is 0 Å². The van der Waals surface area contributed by atoms with Gasteiger partial charge < -0.3 is 15.5 Å². The molecular formula is C23H34ClN3O2. The minimum Gasteiger partial charge on any atom is -0.339 e. The molecule has 5 nitrogen and oxygen atoms in total. The molecule has 2 atom stereocenters. The number of nitrogens with two attached hydrogens (primary N) is 1. The van der Waals surface area contributed by atoms with E-state index in [1.54, 1.807) is 0 Å². The van der Waals surface area contributed by atoms with Crippen LogP contribution in [0.4, 0.5) is 0 Å². The fraction of sp³-hybridized carbons (Fsp3) is 0.652. The number of fused-ring (bicyclic) bond motifs is 2. The summed E-state index contributed by atoms with van der Waals surface area (Å²) >= 11 is 0. The normalized spacial score (nSPS) is 29.2. The smallest absolute Gasteiger partial charge is 0.227 e. The molecule has 1 saturated heterocycles. The molecule has 2 bridgehead atoms. The first-order chi connectivity index (χ1) is 13.5. The number of halogens is 1. The Labute approximate surface area is 180 Å². The van der Waals surface area contributed by atoms with Crippen LogP contribution >= 0.6 is 12.4 Å². The third kappa shape index (κ3) is 4.77. The zero-order chi connectivity index (χ0) is 19.7. The highest BCUT2D eigenvalue weighted by atomic mass is 35.5. The lowest BCUT2D eigenvalue weighted by Crippen LogP contribution is -2.54. The molecule has 0 aromatic heterocycles. The maximum Gasteiger partial charge on any atom is 0.227 e. The Morgan fingerprint density at radius 3 is 2.21 bits per heavy atom. The van der Waals surface area contributed by atoms with Gasteiger partial charge in [0.1, 0.15) is 0 Å². The number of aryl methyl sites for hydroxylation is 1. The second-order valence-electron chi connectivity index (χ2n) is 9.01. The maximum atomic E-state index is 13.1. The molecule has 2 saturated carbocycles. The minimum absolute atomic E-state index is 0. The highest BCUT2D eigenvalue weighted by Gasteiger charge is 2.42. The van der Waals surface area contributed by atoms with Crippen LogP contribution in [0.1, 0.15) is 43.2 Å². The molecule has 6 heteroatoms. The molecule has 2 aliphatic carbocycles. The van der Waals surface area contributed by atoms with Crippen molar-refractivity contribution < 1.29 is 9.59 Å². The molecule has 0 radical (unpaired) electrons. The van der Waals surface area contributed by atoms with Crippen LogP contribution in [0.3, 0.4) is 0 Å². The van der Waals surface area contributed by atoms with Crippen LogP contribution in [0, 0.1) is 24.7 Å². The molecule has 3 aliphatic rings. The van der Waals surface area contributed by atoms with Crippen LogP contribution in [0.2, 0.25) is 0 Å². The summed E-state index contributed by atoms with van der Waals surface area (Å²) in [6, 6.07) is 8.36. The summed E-state index contributed by atoms with van der Waals surface area (Å²) < 4.78 is 0. The molecule has 2 unspecified atom stereocenters. The fourth-order valence-corrected chi connectivity index (χ4v) is 5.51. The predicted molar refractivity (Wildman–Crippen MR) is 117 cm³/mol. The number of piperazine rings is 1. The number of nitrogens with zero attached hydrogens (tertiary/aromatic N) is 2. The average Bonchev–Trinajstić information content (AvgIpc) is 2.69. The van der Waals surface area contributed by atoms with Crippen molar-refractivity contribution in [3.8, 4) is 0 Å². The van der Waals surface area contributed by atoms with E-state index in [0.29, 0.717) is 56.4 Å². The number of rotatable bonds is 3. The lowest BCUT2D eigenvalue weighted by atomic mass is 9.65. The van der Waals surface area contributed by atoms with Crippen molar-refractivity contribution in [2.75, 3.05) is 26.2 Å². The molecular weight excluding hydrogens is 386 g/mol. The zero-order valence-corrected chi connectivity index (χ0v) is 18.2. The van der Waals surface area contributed by atoms with Crippen LogP contribution in [0.25, 0.3) is 0 Å². The van der Waals surface area contributed by atoms with Crippen LogP contribution in [0.15, 0.2) is 24.3 Å². The maximum absolute atomic E-state index is 13.1. The van der Waals surface area contributed by atoms with Gasteiger partial charge in [-0.25, -0.2) is 0 Å². The number of carbonyl (C=O) groups excluding carboxylic acids is 2. The summed E-state index contributed by atoms with van der Waals surface area (Å²) in [5.74, 6) is 1.66. The lowest BCUT2D eigenvalue weighted by molar-refractivity contribution is -0.144. The first-order valence-electron chi connectivity index (χ1n) is 10.9. The summed E-state index contributed by atoms with van der Waals surface area (Å²) in [4.78, 5) is 29.7. The quantitative estimate of drug-likeness (QED) is 0.819. The van der Waals surface area contributed by atoms with Crippen LogP contribution in [-0.4, -0.2) is 53.8 Å². The number of benzene rings is 1. The molecule has 29 heavy (non-hydrogen) atoms. The standard InChI is InChI=1S/C23H33N3O2.ClH/c1-16-5-2-3-6-17(16)15-21(27)25-9-11-26(12-10-25)23(28)20-13-18-7-4-8-19(14-20)22(18)24;/h2-3,5-6,18-20,22H,4,7-15,24H2,1H3;1H. The van der Waals surface area contributed by atoms with Crippen LogP contribution < -0.4 is 5.73 Å². The molecule has 0 spiro atoms. The number of hydrogen-bond donors (Lipinski definition) is 1. The average molecular weight is 420 g/mol. The molecule has 1 aromatic carbocycles. The van der Waals surface area contributed by atoms with E-state index in [-0.39, 0.29) is 24.2 Å². The van der Waals surface area contributed by atoms with Gasteiger partial charge in [0.05, 0.1) is 6.42 Å². The van der Waals surface area contributed by atoms with Crippen molar-refractivity contribution >= 4 is 24.2 Å². The Kier molecular flexibility index (Phi) is 7.23. The van der Waals surface area contributed by atoms with Gasteiger partial charge in [-0.3, -0.25) is 9.59 Å². The molecule has 160 valence electrons. The monoisotopic (exact) mass is 419 g/mol. The Morgan fingerprint density at radius 2 is 1.59 bits per heavy atom. The third-order valence-corrected chi connectivity index (χ3v) is 7.31. The number of hydrogen-bond acceptors (Lipinski definition) is 3. The van der Waals surface area contributed by atoms with E-state index in [1.165, 1.54) is 19.3 Å². The van der Waals surface area contributed by atoms with Gasteiger partial charge in [0, 0.05) is 38.1 Å². The van der Waals surface area contributed by atoms with Gasteiger partial charge >= 0.3 is 0 Å². The van der Waals surface area contributed by atoms with Gasteiger partial charge in [0.25, 0.3) is 0 Å². The highest BCUT2D eigenvalue weighted by Crippen LogP contribution is 2.42. The first-order valence-corrected chi connectivity index (χ1v) is 10.9. The van der Waals surface area contributed by atoms with Gasteiger partial charge in [-0.2, -0.15) is 0 Å². The van der Waals surface area contributed by atoms with Gasteiger partial charge in [-0.05, 0) is 55.6 Å². The van der Waals surface area contributed by atoms with Gasteiger partial charge in [-0.1, -0.05) is 30.7 Å². The second kappa shape index (κ2) is 9.48. The van der Waals surface area contributed by atoms with E-state index in [0.717, 1.165) is 24.0 Å². The number of carbonyl (C=O) groups is 2.